The van der Waals surface area contributed by atoms with E-state index < -0.39 is 35.1 Å². The fraction of sp³-hybridized carbons (Fsp3) is 0.267. The number of hydrogen-bond acceptors (Lipinski definition) is 4. The molecule has 3 rings (SSSR count). The average molecular weight is 322 g/mol. The second-order valence-electron chi connectivity index (χ2n) is 5.13. The summed E-state index contributed by atoms with van der Waals surface area (Å²) < 4.78 is 32.4. The fourth-order valence-electron chi connectivity index (χ4n) is 2.60. The third kappa shape index (κ3) is 2.67. The van der Waals surface area contributed by atoms with Gasteiger partial charge >= 0.3 is 5.97 Å². The summed E-state index contributed by atoms with van der Waals surface area (Å²) in [4.78, 5) is 28.4. The topological polar surface area (TPSA) is 83.6 Å². The number of nitrogens with zero attached hydrogens (tertiary/aromatic N) is 2. The van der Waals surface area contributed by atoms with Gasteiger partial charge in [-0.15, -0.1) is 0 Å². The number of halogens is 2. The molecule has 1 aliphatic heterocycles. The van der Waals surface area contributed by atoms with Gasteiger partial charge in [-0.25, -0.2) is 18.6 Å². The highest BCUT2D eigenvalue weighted by molar-refractivity contribution is 5.95. The van der Waals surface area contributed by atoms with E-state index in [0.717, 1.165) is 18.4 Å². The van der Waals surface area contributed by atoms with E-state index in [9.17, 15) is 18.4 Å². The van der Waals surface area contributed by atoms with Gasteiger partial charge in [0.25, 0.3) is 5.91 Å². The third-order valence-electron chi connectivity index (χ3n) is 3.70. The highest BCUT2D eigenvalue weighted by atomic mass is 19.1. The number of hydrogen-bond donors (Lipinski definition) is 1. The molecular formula is C15H12F2N2O4. The van der Waals surface area contributed by atoms with Crippen molar-refractivity contribution in [1.29, 1.82) is 0 Å². The maximum absolute atomic E-state index is 13.7. The summed E-state index contributed by atoms with van der Waals surface area (Å²) in [7, 11) is 0. The quantitative estimate of drug-likeness (QED) is 0.937. The molecule has 0 radical (unpaired) electrons. The number of aliphatic carboxylic acids is 1. The molecule has 0 unspecified atom stereocenters. The zero-order chi connectivity index (χ0) is 16.6. The summed E-state index contributed by atoms with van der Waals surface area (Å²) in [6.07, 6.45) is 1.89. The van der Waals surface area contributed by atoms with E-state index in [2.05, 4.69) is 4.98 Å². The van der Waals surface area contributed by atoms with Gasteiger partial charge in [0, 0.05) is 6.54 Å². The van der Waals surface area contributed by atoms with Gasteiger partial charge < -0.3 is 14.4 Å². The molecule has 0 aliphatic carbocycles. The lowest BCUT2D eigenvalue weighted by Gasteiger charge is -2.19. The Kier molecular flexibility index (Phi) is 3.81. The molecule has 8 heteroatoms. The van der Waals surface area contributed by atoms with Crippen LogP contribution in [0.4, 0.5) is 8.78 Å². The number of amides is 1. The molecule has 2 aromatic rings. The first-order valence-corrected chi connectivity index (χ1v) is 6.92. The molecule has 0 saturated carbocycles. The van der Waals surface area contributed by atoms with E-state index in [1.165, 1.54) is 11.0 Å². The van der Waals surface area contributed by atoms with E-state index in [1.807, 2.05) is 0 Å². The minimum atomic E-state index is -1.10. The lowest BCUT2D eigenvalue weighted by molar-refractivity contribution is -0.141. The van der Waals surface area contributed by atoms with Crippen molar-refractivity contribution < 1.29 is 27.9 Å². The normalized spacial score (nSPS) is 17.5. The number of aromatic nitrogens is 1. The van der Waals surface area contributed by atoms with Crippen LogP contribution < -0.4 is 0 Å². The zero-order valence-electron chi connectivity index (χ0n) is 11.8. The first kappa shape index (κ1) is 15.1. The molecular weight excluding hydrogens is 310 g/mol. The predicted molar refractivity (Wildman–Crippen MR) is 73.5 cm³/mol. The maximum Gasteiger partial charge on any atom is 0.326 e. The van der Waals surface area contributed by atoms with Crippen LogP contribution in [0.1, 0.15) is 23.3 Å². The van der Waals surface area contributed by atoms with Gasteiger partial charge in [0.1, 0.15) is 29.5 Å². The van der Waals surface area contributed by atoms with Crippen LogP contribution in [0, 0.1) is 11.6 Å². The summed E-state index contributed by atoms with van der Waals surface area (Å²) in [6.45, 7) is 0.284. The minimum absolute atomic E-state index is 0.184. The van der Waals surface area contributed by atoms with Crippen molar-refractivity contribution in [2.75, 3.05) is 6.54 Å². The lowest BCUT2D eigenvalue weighted by atomic mass is 10.2. The van der Waals surface area contributed by atoms with E-state index >= 15 is 0 Å². The van der Waals surface area contributed by atoms with E-state index in [-0.39, 0.29) is 18.1 Å². The van der Waals surface area contributed by atoms with E-state index in [4.69, 9.17) is 9.52 Å². The number of rotatable bonds is 3. The largest absolute Gasteiger partial charge is 0.480 e. The minimum Gasteiger partial charge on any atom is -0.480 e. The molecule has 6 nitrogen and oxygen atoms in total. The lowest BCUT2D eigenvalue weighted by Crippen LogP contribution is -2.40. The first-order chi connectivity index (χ1) is 11.0. The number of carboxylic acid groups (broad SMARTS) is 1. The fourth-order valence-corrected chi connectivity index (χ4v) is 2.60. The van der Waals surface area contributed by atoms with Crippen LogP contribution >= 0.6 is 0 Å². The van der Waals surface area contributed by atoms with E-state index in [0.29, 0.717) is 12.8 Å². The number of benzene rings is 1. The van der Waals surface area contributed by atoms with Crippen LogP contribution in [0.2, 0.25) is 0 Å². The summed E-state index contributed by atoms with van der Waals surface area (Å²) >= 11 is 0. The SMILES string of the molecule is O=C(O)[C@H]1CCCN1C(=O)c1coc(-c2c(F)cccc2F)n1. The second kappa shape index (κ2) is 5.79. The third-order valence-corrected chi connectivity index (χ3v) is 3.70. The molecule has 2 heterocycles. The van der Waals surface area contributed by atoms with Gasteiger partial charge in [-0.05, 0) is 25.0 Å². The molecule has 1 amide bonds. The van der Waals surface area contributed by atoms with Gasteiger partial charge in [0.15, 0.2) is 5.69 Å². The average Bonchev–Trinajstić information content (AvgIpc) is 3.16. The number of carboxylic acids is 1. The first-order valence-electron chi connectivity index (χ1n) is 6.92. The molecule has 1 N–H and O–H groups in total. The Morgan fingerprint density at radius 3 is 2.65 bits per heavy atom. The molecule has 1 fully saturated rings. The smallest absolute Gasteiger partial charge is 0.326 e. The number of carbonyl (C=O) groups excluding carboxylic acids is 1. The molecule has 120 valence electrons. The van der Waals surface area contributed by atoms with Gasteiger partial charge in [-0.3, -0.25) is 4.79 Å². The standard InChI is InChI=1S/C15H12F2N2O4/c16-8-3-1-4-9(17)12(8)13-18-10(7-23-13)14(20)19-6-2-5-11(19)15(21)22/h1,3-4,7,11H,2,5-6H2,(H,21,22)/t11-/m1/s1. The number of carbonyl (C=O) groups is 2. The van der Waals surface area contributed by atoms with Crippen LogP contribution in [-0.2, 0) is 4.79 Å². The number of likely N-dealkylation sites (tertiary alicyclic amines) is 1. The molecule has 23 heavy (non-hydrogen) atoms. The van der Waals surface area contributed by atoms with E-state index in [1.54, 1.807) is 0 Å². The van der Waals surface area contributed by atoms with Crippen molar-refractivity contribution in [2.24, 2.45) is 0 Å². The molecule has 1 saturated heterocycles. The van der Waals surface area contributed by atoms with Crippen LogP contribution in [-0.4, -0.2) is 39.5 Å². The second-order valence-corrected chi connectivity index (χ2v) is 5.13. The molecule has 1 atom stereocenters. The Morgan fingerprint density at radius 1 is 1.30 bits per heavy atom. The summed E-state index contributed by atoms with van der Waals surface area (Å²) in [6, 6.07) is 2.37. The summed E-state index contributed by atoms with van der Waals surface area (Å²) in [5, 5.41) is 9.10. The summed E-state index contributed by atoms with van der Waals surface area (Å²) in [5.74, 6) is -3.83. The summed E-state index contributed by atoms with van der Waals surface area (Å²) in [5.41, 5.74) is -0.654. The van der Waals surface area contributed by atoms with Crippen molar-refractivity contribution in [3.8, 4) is 11.5 Å². The monoisotopic (exact) mass is 322 g/mol. The highest BCUT2D eigenvalue weighted by Gasteiger charge is 2.35. The van der Waals surface area contributed by atoms with Crippen LogP contribution in [0.3, 0.4) is 0 Å². The Labute approximate surface area is 129 Å². The Morgan fingerprint density at radius 2 is 2.00 bits per heavy atom. The van der Waals surface area contributed by atoms with Crippen LogP contribution in [0.25, 0.3) is 11.5 Å². The van der Waals surface area contributed by atoms with Crippen molar-refractivity contribution in [3.05, 3.63) is 41.8 Å². The Balaban J connectivity index is 1.90. The van der Waals surface area contributed by atoms with Gasteiger partial charge in [0.05, 0.1) is 0 Å². The van der Waals surface area contributed by atoms with Crippen LogP contribution in [0.5, 0.6) is 0 Å². The number of oxazole rings is 1. The molecule has 0 bridgehead atoms. The highest BCUT2D eigenvalue weighted by Crippen LogP contribution is 2.26. The van der Waals surface area contributed by atoms with Crippen molar-refractivity contribution >= 4 is 11.9 Å². The van der Waals surface area contributed by atoms with Crippen molar-refractivity contribution in [2.45, 2.75) is 18.9 Å². The van der Waals surface area contributed by atoms with Crippen LogP contribution in [0.15, 0.2) is 28.9 Å². The van der Waals surface area contributed by atoms with Gasteiger partial charge in [-0.2, -0.15) is 0 Å². The molecule has 0 spiro atoms. The van der Waals surface area contributed by atoms with Crippen molar-refractivity contribution in [1.82, 2.24) is 9.88 Å². The predicted octanol–water partition coefficient (Wildman–Crippen LogP) is 2.31. The molecule has 1 aliphatic rings. The molecule has 1 aromatic heterocycles. The van der Waals surface area contributed by atoms with Gasteiger partial charge in [-0.1, -0.05) is 6.07 Å². The maximum atomic E-state index is 13.7. The zero-order valence-corrected chi connectivity index (χ0v) is 11.8. The molecule has 1 aromatic carbocycles. The van der Waals surface area contributed by atoms with Crippen molar-refractivity contribution in [3.63, 3.8) is 0 Å². The Bertz CT molecular complexity index is 754. The van der Waals surface area contributed by atoms with Gasteiger partial charge in [0.2, 0.25) is 5.89 Å². The Hall–Kier alpha value is -2.77.